The highest BCUT2D eigenvalue weighted by atomic mass is 35.5. The van der Waals surface area contributed by atoms with Crippen LogP contribution in [0.25, 0.3) is 27.5 Å². The molecule has 2 aromatic heterocycles. The molecule has 4 nitrogen and oxygen atoms in total. The van der Waals surface area contributed by atoms with Crippen LogP contribution in [0.1, 0.15) is 21.5 Å². The van der Waals surface area contributed by atoms with Crippen LogP contribution in [0.4, 0.5) is 0 Å². The maximum atomic E-state index is 11.6. The fourth-order valence-corrected chi connectivity index (χ4v) is 4.01. The number of fused-ring (bicyclic) bond motifs is 2. The van der Waals surface area contributed by atoms with Crippen molar-refractivity contribution < 1.29 is 9.90 Å². The molecule has 0 radical (unpaired) electrons. The predicted octanol–water partition coefficient (Wildman–Crippen LogP) is 6.12. The van der Waals surface area contributed by atoms with Gasteiger partial charge in [0.15, 0.2) is 0 Å². The van der Waals surface area contributed by atoms with E-state index in [1.54, 1.807) is 12.1 Å². The number of aromatic nitrogens is 2. The first-order valence-electron chi connectivity index (χ1n) is 9.55. The van der Waals surface area contributed by atoms with Crippen molar-refractivity contribution in [1.29, 1.82) is 0 Å². The lowest BCUT2D eigenvalue weighted by Gasteiger charge is -2.09. The van der Waals surface area contributed by atoms with E-state index in [-0.39, 0.29) is 5.56 Å². The van der Waals surface area contributed by atoms with Crippen LogP contribution in [-0.4, -0.2) is 20.6 Å². The number of nitrogens with zero attached hydrogens (tertiary/aromatic N) is 2. The third-order valence-electron chi connectivity index (χ3n) is 5.31. The van der Waals surface area contributed by atoms with Crippen molar-refractivity contribution in [2.45, 2.75) is 6.42 Å². The molecular weight excluding hydrogens is 396 g/mol. The Hall–Kier alpha value is -3.63. The molecule has 0 unspecified atom stereocenters. The summed E-state index contributed by atoms with van der Waals surface area (Å²) in [6.07, 6.45) is 4.44. The Labute approximate surface area is 178 Å². The molecule has 5 aromatic rings. The van der Waals surface area contributed by atoms with E-state index in [0.29, 0.717) is 11.4 Å². The molecule has 0 saturated carbocycles. The molecule has 0 aliphatic rings. The van der Waals surface area contributed by atoms with Crippen molar-refractivity contribution in [2.24, 2.45) is 0 Å². The Bertz CT molecular complexity index is 1420. The zero-order valence-electron chi connectivity index (χ0n) is 15.9. The Morgan fingerprint density at radius 2 is 1.83 bits per heavy atom. The lowest BCUT2D eigenvalue weighted by atomic mass is 9.99. The molecule has 0 aliphatic carbocycles. The van der Waals surface area contributed by atoms with Gasteiger partial charge in [0.1, 0.15) is 0 Å². The molecule has 0 atom stereocenters. The average Bonchev–Trinajstić information content (AvgIpc) is 3.18. The summed E-state index contributed by atoms with van der Waals surface area (Å²) in [4.78, 5) is 16.1. The van der Waals surface area contributed by atoms with Crippen molar-refractivity contribution in [3.63, 3.8) is 0 Å². The van der Waals surface area contributed by atoms with Gasteiger partial charge >= 0.3 is 5.97 Å². The van der Waals surface area contributed by atoms with Crippen LogP contribution >= 0.6 is 11.6 Å². The highest BCUT2D eigenvalue weighted by Gasteiger charge is 2.12. The molecule has 3 aromatic carbocycles. The maximum Gasteiger partial charge on any atom is 0.336 e. The van der Waals surface area contributed by atoms with Crippen molar-refractivity contribution in [1.82, 2.24) is 9.55 Å². The molecule has 30 heavy (non-hydrogen) atoms. The number of carbonyl (C=O) groups is 1. The standard InChI is InChI=1S/C25H17ClN2O2/c26-20-7-6-17(22(14-20)25(29)30)11-16-5-8-24-19(12-16)9-10-28(24)21-13-18-3-1-2-4-23(18)27-15-21/h1-10,12-15H,11H2,(H,29,30). The molecule has 0 fully saturated rings. The minimum absolute atomic E-state index is 0.238. The number of pyridine rings is 1. The highest BCUT2D eigenvalue weighted by molar-refractivity contribution is 6.31. The van der Waals surface area contributed by atoms with Crippen LogP contribution < -0.4 is 0 Å². The van der Waals surface area contributed by atoms with Crippen molar-refractivity contribution in [3.8, 4) is 5.69 Å². The number of rotatable bonds is 4. The minimum atomic E-state index is -0.969. The summed E-state index contributed by atoms with van der Waals surface area (Å²) >= 11 is 5.97. The summed E-state index contributed by atoms with van der Waals surface area (Å²) in [5.41, 5.74) is 5.07. The average molecular weight is 413 g/mol. The lowest BCUT2D eigenvalue weighted by Crippen LogP contribution is -2.03. The number of benzene rings is 3. The number of para-hydroxylation sites is 1. The molecule has 0 amide bonds. The second kappa shape index (κ2) is 7.32. The van der Waals surface area contributed by atoms with E-state index in [0.717, 1.165) is 38.6 Å². The van der Waals surface area contributed by atoms with Crippen LogP contribution in [0.2, 0.25) is 5.02 Å². The maximum absolute atomic E-state index is 11.6. The topological polar surface area (TPSA) is 55.1 Å². The number of hydrogen-bond donors (Lipinski definition) is 1. The van der Waals surface area contributed by atoms with Gasteiger partial charge in [-0.25, -0.2) is 4.79 Å². The van der Waals surface area contributed by atoms with E-state index >= 15 is 0 Å². The van der Waals surface area contributed by atoms with Gasteiger partial charge in [-0.1, -0.05) is 41.9 Å². The first-order valence-corrected chi connectivity index (χ1v) is 9.93. The summed E-state index contributed by atoms with van der Waals surface area (Å²) < 4.78 is 2.11. The van der Waals surface area contributed by atoms with Gasteiger partial charge in [0.05, 0.1) is 28.5 Å². The second-order valence-electron chi connectivity index (χ2n) is 7.25. The van der Waals surface area contributed by atoms with Crippen molar-refractivity contribution in [3.05, 3.63) is 107 Å². The summed E-state index contributed by atoms with van der Waals surface area (Å²) in [5.74, 6) is -0.969. The number of aromatic carboxylic acids is 1. The van der Waals surface area contributed by atoms with Crippen molar-refractivity contribution in [2.75, 3.05) is 0 Å². The van der Waals surface area contributed by atoms with Gasteiger partial charge in [-0.05, 0) is 60.0 Å². The fraction of sp³-hybridized carbons (Fsp3) is 0.0400. The Balaban J connectivity index is 1.52. The molecule has 5 heteroatoms. The Kier molecular flexibility index (Phi) is 4.49. The molecule has 0 saturated heterocycles. The minimum Gasteiger partial charge on any atom is -0.478 e. The second-order valence-corrected chi connectivity index (χ2v) is 7.68. The van der Waals surface area contributed by atoms with E-state index in [2.05, 4.69) is 39.9 Å². The van der Waals surface area contributed by atoms with E-state index in [1.807, 2.05) is 36.7 Å². The van der Waals surface area contributed by atoms with Crippen LogP contribution in [0.15, 0.2) is 85.2 Å². The van der Waals surface area contributed by atoms with Gasteiger partial charge < -0.3 is 9.67 Å². The molecule has 2 heterocycles. The number of halogens is 1. The van der Waals surface area contributed by atoms with E-state index in [4.69, 9.17) is 11.6 Å². The van der Waals surface area contributed by atoms with Crippen LogP contribution in [0, 0.1) is 0 Å². The number of carboxylic acid groups (broad SMARTS) is 1. The first kappa shape index (κ1) is 18.4. The summed E-state index contributed by atoms with van der Waals surface area (Å²) in [7, 11) is 0. The lowest BCUT2D eigenvalue weighted by molar-refractivity contribution is 0.0696. The van der Waals surface area contributed by atoms with Gasteiger partial charge in [-0.15, -0.1) is 0 Å². The van der Waals surface area contributed by atoms with Crippen LogP contribution in [0.5, 0.6) is 0 Å². The summed E-state index contributed by atoms with van der Waals surface area (Å²) in [5, 5.41) is 12.1. The molecule has 146 valence electrons. The molecule has 0 bridgehead atoms. The molecule has 0 spiro atoms. The van der Waals surface area contributed by atoms with Gasteiger partial charge in [0.2, 0.25) is 0 Å². The summed E-state index contributed by atoms with van der Waals surface area (Å²) in [6.45, 7) is 0. The van der Waals surface area contributed by atoms with Gasteiger partial charge in [0, 0.05) is 22.0 Å². The smallest absolute Gasteiger partial charge is 0.336 e. The van der Waals surface area contributed by atoms with E-state index in [1.165, 1.54) is 6.07 Å². The zero-order valence-corrected chi connectivity index (χ0v) is 16.7. The van der Waals surface area contributed by atoms with E-state index in [9.17, 15) is 9.90 Å². The highest BCUT2D eigenvalue weighted by Crippen LogP contribution is 2.26. The van der Waals surface area contributed by atoms with Crippen LogP contribution in [-0.2, 0) is 6.42 Å². The van der Waals surface area contributed by atoms with Gasteiger partial charge in [0.25, 0.3) is 0 Å². The SMILES string of the molecule is O=C(O)c1cc(Cl)ccc1Cc1ccc2c(ccn2-c2cnc3ccccc3c2)c1. The largest absolute Gasteiger partial charge is 0.478 e. The van der Waals surface area contributed by atoms with E-state index < -0.39 is 5.97 Å². The molecule has 1 N–H and O–H groups in total. The molecule has 0 aliphatic heterocycles. The van der Waals surface area contributed by atoms with Gasteiger partial charge in [-0.2, -0.15) is 0 Å². The normalized spacial score (nSPS) is 11.2. The zero-order chi connectivity index (χ0) is 20.7. The Morgan fingerprint density at radius 1 is 0.967 bits per heavy atom. The fourth-order valence-electron chi connectivity index (χ4n) is 3.84. The molecular formula is C25H17ClN2O2. The predicted molar refractivity (Wildman–Crippen MR) is 120 cm³/mol. The van der Waals surface area contributed by atoms with Gasteiger partial charge in [-0.3, -0.25) is 4.98 Å². The number of hydrogen-bond acceptors (Lipinski definition) is 2. The quantitative estimate of drug-likeness (QED) is 0.386. The number of carboxylic acids is 1. The van der Waals surface area contributed by atoms with Crippen LogP contribution in [0.3, 0.4) is 0 Å². The third kappa shape index (κ3) is 3.31. The molecule has 5 rings (SSSR count). The van der Waals surface area contributed by atoms with Crippen molar-refractivity contribution >= 4 is 39.4 Å². The third-order valence-corrected chi connectivity index (χ3v) is 5.54. The summed E-state index contributed by atoms with van der Waals surface area (Å²) in [6, 6.07) is 23.5. The first-order chi connectivity index (χ1) is 14.6. The monoisotopic (exact) mass is 412 g/mol. The Morgan fingerprint density at radius 3 is 2.70 bits per heavy atom.